The molecule has 23 heavy (non-hydrogen) atoms. The molecule has 0 saturated heterocycles. The maximum Gasteiger partial charge on any atom is 0.233 e. The predicted molar refractivity (Wildman–Crippen MR) is 90.6 cm³/mol. The molecule has 0 unspecified atom stereocenters. The van der Waals surface area contributed by atoms with E-state index in [2.05, 4.69) is 20.2 Å². The maximum atomic E-state index is 11.7. The van der Waals surface area contributed by atoms with Crippen molar-refractivity contribution in [3.05, 3.63) is 36.4 Å². The van der Waals surface area contributed by atoms with Gasteiger partial charge in [-0.2, -0.15) is 0 Å². The number of para-hydroxylation sites is 2. The third-order valence-corrected chi connectivity index (χ3v) is 4.31. The van der Waals surface area contributed by atoms with Crippen molar-refractivity contribution in [1.82, 2.24) is 10.2 Å². The van der Waals surface area contributed by atoms with Gasteiger partial charge in [-0.3, -0.25) is 4.72 Å². The molecule has 1 heterocycles. The molecule has 0 radical (unpaired) electrons. The van der Waals surface area contributed by atoms with E-state index in [4.69, 9.17) is 4.74 Å². The average Bonchev–Trinajstić information content (AvgIpc) is 2.51. The summed E-state index contributed by atoms with van der Waals surface area (Å²) in [6.45, 7) is 4.27. The highest BCUT2D eigenvalue weighted by Gasteiger charge is 2.10. The highest BCUT2D eigenvalue weighted by atomic mass is 32.2. The van der Waals surface area contributed by atoms with Crippen LogP contribution < -0.4 is 14.8 Å². The van der Waals surface area contributed by atoms with Gasteiger partial charge in [-0.05, 0) is 37.6 Å². The molecule has 0 saturated carbocycles. The second-order valence-corrected chi connectivity index (χ2v) is 6.62. The van der Waals surface area contributed by atoms with Gasteiger partial charge in [0.05, 0.1) is 18.0 Å². The van der Waals surface area contributed by atoms with Gasteiger partial charge in [-0.1, -0.05) is 19.1 Å². The van der Waals surface area contributed by atoms with Crippen LogP contribution in [0.25, 0.3) is 0 Å². The Balaban J connectivity index is 2.09. The number of nitrogens with one attached hydrogen (secondary N) is 2. The topological polar surface area (TPSA) is 93.2 Å². The second-order valence-electron chi connectivity index (χ2n) is 4.78. The van der Waals surface area contributed by atoms with Crippen molar-refractivity contribution < 1.29 is 13.2 Å². The fourth-order valence-electron chi connectivity index (χ4n) is 1.92. The van der Waals surface area contributed by atoms with Crippen molar-refractivity contribution in [2.45, 2.75) is 20.3 Å². The molecule has 0 aliphatic rings. The second kappa shape index (κ2) is 7.77. The van der Waals surface area contributed by atoms with Crippen LogP contribution in [0, 0.1) is 0 Å². The molecule has 1 aromatic carbocycles. The first-order chi connectivity index (χ1) is 11.0. The summed E-state index contributed by atoms with van der Waals surface area (Å²) in [5.74, 6) is 1.46. The van der Waals surface area contributed by atoms with Crippen molar-refractivity contribution in [1.29, 1.82) is 0 Å². The molecule has 7 nitrogen and oxygen atoms in total. The van der Waals surface area contributed by atoms with Gasteiger partial charge in [0.2, 0.25) is 10.0 Å². The highest BCUT2D eigenvalue weighted by Crippen LogP contribution is 2.26. The van der Waals surface area contributed by atoms with Crippen molar-refractivity contribution in [3.63, 3.8) is 0 Å². The molecular weight excluding hydrogens is 316 g/mol. The zero-order chi connectivity index (χ0) is 16.7. The van der Waals surface area contributed by atoms with Crippen LogP contribution in [-0.4, -0.2) is 31.0 Å². The SMILES string of the molecule is CCCS(=O)(=O)Nc1ccc(Nc2ccccc2OCC)nn1. The summed E-state index contributed by atoms with van der Waals surface area (Å²) in [6.07, 6.45) is 0.538. The Hall–Kier alpha value is -2.35. The number of sulfonamides is 1. The monoisotopic (exact) mass is 336 g/mol. The molecule has 2 aromatic rings. The summed E-state index contributed by atoms with van der Waals surface area (Å²) in [7, 11) is -3.36. The van der Waals surface area contributed by atoms with E-state index in [-0.39, 0.29) is 11.6 Å². The standard InChI is InChI=1S/C15H20N4O3S/c1-3-11-23(20,21)19-15-10-9-14(17-18-15)16-12-7-5-6-8-13(12)22-4-2/h5-10H,3-4,11H2,1-2H3,(H,16,17)(H,18,19). The molecule has 0 aliphatic heterocycles. The first-order valence-electron chi connectivity index (χ1n) is 7.37. The van der Waals surface area contributed by atoms with Gasteiger partial charge < -0.3 is 10.1 Å². The summed E-state index contributed by atoms with van der Waals surface area (Å²) < 4.78 is 31.3. The van der Waals surface area contributed by atoms with Crippen molar-refractivity contribution >= 4 is 27.3 Å². The largest absolute Gasteiger partial charge is 0.492 e. The van der Waals surface area contributed by atoms with E-state index in [0.717, 1.165) is 5.69 Å². The van der Waals surface area contributed by atoms with Crippen LogP contribution in [0.3, 0.4) is 0 Å². The van der Waals surface area contributed by atoms with E-state index >= 15 is 0 Å². The molecule has 0 spiro atoms. The number of hydrogen-bond donors (Lipinski definition) is 2. The normalized spacial score (nSPS) is 11.0. The van der Waals surface area contributed by atoms with Crippen LogP contribution in [0.2, 0.25) is 0 Å². The molecule has 0 amide bonds. The van der Waals surface area contributed by atoms with Crippen molar-refractivity contribution in [2.75, 3.05) is 22.4 Å². The fourth-order valence-corrected chi connectivity index (χ4v) is 2.99. The Morgan fingerprint density at radius 2 is 1.74 bits per heavy atom. The van der Waals surface area contributed by atoms with Crippen LogP contribution in [-0.2, 0) is 10.0 Å². The lowest BCUT2D eigenvalue weighted by molar-refractivity contribution is 0.342. The number of aromatic nitrogens is 2. The zero-order valence-electron chi connectivity index (χ0n) is 13.1. The van der Waals surface area contributed by atoms with Crippen LogP contribution in [0.4, 0.5) is 17.3 Å². The smallest absolute Gasteiger partial charge is 0.233 e. The predicted octanol–water partition coefficient (Wildman–Crippen LogP) is 2.77. The number of benzene rings is 1. The van der Waals surface area contributed by atoms with Gasteiger partial charge in [-0.15, -0.1) is 10.2 Å². The summed E-state index contributed by atoms with van der Waals surface area (Å²) in [5, 5.41) is 10.9. The van der Waals surface area contributed by atoms with Gasteiger partial charge in [0, 0.05) is 0 Å². The molecule has 2 rings (SSSR count). The summed E-state index contributed by atoms with van der Waals surface area (Å²) in [4.78, 5) is 0. The van der Waals surface area contributed by atoms with Gasteiger partial charge in [0.15, 0.2) is 11.6 Å². The molecule has 0 fully saturated rings. The van der Waals surface area contributed by atoms with Gasteiger partial charge in [0.1, 0.15) is 5.75 Å². The van der Waals surface area contributed by atoms with Crippen LogP contribution in [0.5, 0.6) is 5.75 Å². The van der Waals surface area contributed by atoms with E-state index in [0.29, 0.717) is 24.6 Å². The number of nitrogens with zero attached hydrogens (tertiary/aromatic N) is 2. The molecule has 0 bridgehead atoms. The summed E-state index contributed by atoms with van der Waals surface area (Å²) >= 11 is 0. The number of ether oxygens (including phenoxy) is 1. The lowest BCUT2D eigenvalue weighted by Gasteiger charge is -2.11. The first-order valence-corrected chi connectivity index (χ1v) is 9.02. The Kier molecular flexibility index (Phi) is 5.75. The van der Waals surface area contributed by atoms with Crippen LogP contribution in [0.15, 0.2) is 36.4 Å². The molecule has 0 atom stereocenters. The van der Waals surface area contributed by atoms with Gasteiger partial charge >= 0.3 is 0 Å². The van der Waals surface area contributed by atoms with Gasteiger partial charge in [0.25, 0.3) is 0 Å². The van der Waals surface area contributed by atoms with E-state index < -0.39 is 10.0 Å². The minimum atomic E-state index is -3.36. The number of hydrogen-bond acceptors (Lipinski definition) is 6. The van der Waals surface area contributed by atoms with Crippen LogP contribution >= 0.6 is 0 Å². The van der Waals surface area contributed by atoms with Crippen LogP contribution in [0.1, 0.15) is 20.3 Å². The fraction of sp³-hybridized carbons (Fsp3) is 0.333. The average molecular weight is 336 g/mol. The lowest BCUT2D eigenvalue weighted by Crippen LogP contribution is -2.17. The van der Waals surface area contributed by atoms with E-state index in [1.807, 2.05) is 31.2 Å². The summed E-state index contributed by atoms with van der Waals surface area (Å²) in [5.41, 5.74) is 0.767. The molecule has 0 aliphatic carbocycles. The van der Waals surface area contributed by atoms with E-state index in [1.165, 1.54) is 0 Å². The Labute approximate surface area is 136 Å². The molecule has 1 aromatic heterocycles. The van der Waals surface area contributed by atoms with Crippen molar-refractivity contribution in [3.8, 4) is 5.75 Å². The highest BCUT2D eigenvalue weighted by molar-refractivity contribution is 7.92. The Bertz CT molecular complexity index is 733. The number of anilines is 3. The maximum absolute atomic E-state index is 11.7. The minimum Gasteiger partial charge on any atom is -0.492 e. The molecule has 8 heteroatoms. The molecule has 2 N–H and O–H groups in total. The van der Waals surface area contributed by atoms with Crippen molar-refractivity contribution in [2.24, 2.45) is 0 Å². The zero-order valence-corrected chi connectivity index (χ0v) is 13.9. The quantitative estimate of drug-likeness (QED) is 0.770. The third kappa shape index (κ3) is 5.10. The third-order valence-electron chi connectivity index (χ3n) is 2.85. The van der Waals surface area contributed by atoms with Gasteiger partial charge in [-0.25, -0.2) is 8.42 Å². The Morgan fingerprint density at radius 1 is 1.04 bits per heavy atom. The minimum absolute atomic E-state index is 0.0520. The van der Waals surface area contributed by atoms with E-state index in [1.54, 1.807) is 19.1 Å². The number of rotatable bonds is 8. The molecule has 124 valence electrons. The molecular formula is C15H20N4O3S. The Morgan fingerprint density at radius 3 is 2.39 bits per heavy atom. The summed E-state index contributed by atoms with van der Waals surface area (Å²) in [6, 6.07) is 10.7. The lowest BCUT2D eigenvalue weighted by atomic mass is 10.3. The van der Waals surface area contributed by atoms with E-state index in [9.17, 15) is 8.42 Å². The first kappa shape index (κ1) is 17.0.